The molecule has 2 heteroatoms. The second kappa shape index (κ2) is 2.97. The van der Waals surface area contributed by atoms with Crippen LogP contribution < -0.4 is 5.43 Å². The first-order chi connectivity index (χ1) is 5.92. The Kier molecular flexibility index (Phi) is 1.82. The third-order valence-corrected chi connectivity index (χ3v) is 2.21. The number of benzene rings is 1. The fourth-order valence-electron chi connectivity index (χ4n) is 1.66. The van der Waals surface area contributed by atoms with Gasteiger partial charge in [-0.15, -0.1) is 0 Å². The van der Waals surface area contributed by atoms with Crippen LogP contribution in [0.25, 0.3) is 0 Å². The van der Waals surface area contributed by atoms with Crippen LogP contribution in [-0.2, 0) is 6.42 Å². The molecule has 2 rings (SSSR count). The van der Waals surface area contributed by atoms with Crippen molar-refractivity contribution in [3.63, 3.8) is 0 Å². The Morgan fingerprint density at radius 2 is 2.08 bits per heavy atom. The highest BCUT2D eigenvalue weighted by atomic mass is 15.3. The summed E-state index contributed by atoms with van der Waals surface area (Å²) in [4.78, 5) is 0. The fraction of sp³-hybridized carbons (Fsp3) is 0.300. The van der Waals surface area contributed by atoms with Crippen molar-refractivity contribution in [1.82, 2.24) is 5.43 Å². The number of rotatable bonds is 1. The van der Waals surface area contributed by atoms with Crippen LogP contribution in [0.3, 0.4) is 0 Å². The van der Waals surface area contributed by atoms with E-state index in [9.17, 15) is 0 Å². The molecule has 1 aromatic carbocycles. The molecule has 0 heterocycles. The highest BCUT2D eigenvalue weighted by molar-refractivity contribution is 6.04. The minimum absolute atomic E-state index is 1.07. The molecular formula is C10H12N2. The maximum absolute atomic E-state index is 4.23. The number of nitrogens with one attached hydrogen (secondary N) is 1. The minimum atomic E-state index is 1.07. The maximum atomic E-state index is 4.23. The van der Waals surface area contributed by atoms with Crippen LogP contribution in [0.4, 0.5) is 0 Å². The molecular weight excluding hydrogens is 148 g/mol. The molecule has 2 nitrogen and oxygen atoms in total. The zero-order valence-electron chi connectivity index (χ0n) is 7.17. The first kappa shape index (κ1) is 7.35. The lowest BCUT2D eigenvalue weighted by Gasteiger charge is -1.97. The molecule has 0 bridgehead atoms. The number of hydrazone groups is 1. The van der Waals surface area contributed by atoms with Gasteiger partial charge in [0.25, 0.3) is 0 Å². The lowest BCUT2D eigenvalue weighted by atomic mass is 10.1. The molecule has 1 aliphatic carbocycles. The van der Waals surface area contributed by atoms with Crippen molar-refractivity contribution in [3.05, 3.63) is 35.4 Å². The Labute approximate surface area is 72.3 Å². The van der Waals surface area contributed by atoms with Gasteiger partial charge in [-0.25, -0.2) is 0 Å². The Morgan fingerprint density at radius 1 is 1.25 bits per heavy atom. The summed E-state index contributed by atoms with van der Waals surface area (Å²) < 4.78 is 0. The number of nitrogens with zero attached hydrogens (tertiary/aromatic N) is 1. The van der Waals surface area contributed by atoms with Crippen molar-refractivity contribution in [2.75, 3.05) is 7.05 Å². The van der Waals surface area contributed by atoms with E-state index in [-0.39, 0.29) is 0 Å². The van der Waals surface area contributed by atoms with Gasteiger partial charge in [0.2, 0.25) is 0 Å². The molecule has 0 atom stereocenters. The van der Waals surface area contributed by atoms with Crippen molar-refractivity contribution >= 4 is 5.71 Å². The molecule has 1 aromatic rings. The van der Waals surface area contributed by atoms with E-state index in [1.165, 1.54) is 16.8 Å². The first-order valence-electron chi connectivity index (χ1n) is 4.23. The summed E-state index contributed by atoms with van der Waals surface area (Å²) >= 11 is 0. The normalized spacial score (nSPS) is 17.9. The first-order valence-corrected chi connectivity index (χ1v) is 4.23. The highest BCUT2D eigenvalue weighted by Gasteiger charge is 2.15. The summed E-state index contributed by atoms with van der Waals surface area (Å²) in [5.74, 6) is 0. The summed E-state index contributed by atoms with van der Waals surface area (Å²) in [6.07, 6.45) is 2.21. The summed E-state index contributed by atoms with van der Waals surface area (Å²) in [6, 6.07) is 8.46. The Morgan fingerprint density at radius 3 is 2.92 bits per heavy atom. The van der Waals surface area contributed by atoms with E-state index < -0.39 is 0 Å². The molecule has 0 unspecified atom stereocenters. The molecule has 0 amide bonds. The zero-order valence-corrected chi connectivity index (χ0v) is 7.17. The van der Waals surface area contributed by atoms with Crippen molar-refractivity contribution in [1.29, 1.82) is 0 Å². The van der Waals surface area contributed by atoms with Crippen LogP contribution >= 0.6 is 0 Å². The minimum Gasteiger partial charge on any atom is -0.313 e. The second-order valence-electron chi connectivity index (χ2n) is 2.94. The molecule has 0 fully saturated rings. The smallest absolute Gasteiger partial charge is 0.0681 e. The Balaban J connectivity index is 2.43. The van der Waals surface area contributed by atoms with E-state index in [2.05, 4.69) is 34.8 Å². The van der Waals surface area contributed by atoms with Gasteiger partial charge in [0.05, 0.1) is 5.71 Å². The molecule has 0 radical (unpaired) electrons. The molecule has 0 saturated heterocycles. The van der Waals surface area contributed by atoms with Gasteiger partial charge < -0.3 is 5.43 Å². The van der Waals surface area contributed by atoms with Crippen LogP contribution in [0.15, 0.2) is 29.4 Å². The van der Waals surface area contributed by atoms with Crippen LogP contribution in [0.5, 0.6) is 0 Å². The van der Waals surface area contributed by atoms with Crippen molar-refractivity contribution in [2.45, 2.75) is 12.8 Å². The Bertz CT molecular complexity index is 315. The molecule has 0 aromatic heterocycles. The van der Waals surface area contributed by atoms with E-state index in [1.807, 2.05) is 7.05 Å². The summed E-state index contributed by atoms with van der Waals surface area (Å²) in [7, 11) is 1.84. The van der Waals surface area contributed by atoms with Gasteiger partial charge in [-0.05, 0) is 18.4 Å². The second-order valence-corrected chi connectivity index (χ2v) is 2.94. The Hall–Kier alpha value is -1.31. The van der Waals surface area contributed by atoms with Crippen molar-refractivity contribution in [3.8, 4) is 0 Å². The monoisotopic (exact) mass is 160 g/mol. The lowest BCUT2D eigenvalue weighted by Crippen LogP contribution is -2.02. The molecule has 12 heavy (non-hydrogen) atoms. The van der Waals surface area contributed by atoms with Crippen molar-refractivity contribution < 1.29 is 0 Å². The zero-order chi connectivity index (χ0) is 8.39. The van der Waals surface area contributed by atoms with E-state index in [0.717, 1.165) is 12.8 Å². The SMILES string of the molecule is CNN=C1CCc2ccccc21. The topological polar surface area (TPSA) is 24.4 Å². The number of fused-ring (bicyclic) bond motifs is 1. The van der Waals surface area contributed by atoms with Crippen LogP contribution in [0.1, 0.15) is 17.5 Å². The average molecular weight is 160 g/mol. The summed E-state index contributed by atoms with van der Waals surface area (Å²) in [5.41, 5.74) is 6.76. The quantitative estimate of drug-likeness (QED) is 0.619. The van der Waals surface area contributed by atoms with Gasteiger partial charge in [-0.3, -0.25) is 0 Å². The summed E-state index contributed by atoms with van der Waals surface area (Å²) in [5, 5.41) is 4.23. The van der Waals surface area contributed by atoms with Crippen LogP contribution in [-0.4, -0.2) is 12.8 Å². The van der Waals surface area contributed by atoms with Crippen molar-refractivity contribution in [2.24, 2.45) is 5.10 Å². The predicted octanol–water partition coefficient (Wildman–Crippen LogP) is 1.56. The highest BCUT2D eigenvalue weighted by Crippen LogP contribution is 2.21. The van der Waals surface area contributed by atoms with E-state index in [1.54, 1.807) is 0 Å². The number of hydrogen-bond donors (Lipinski definition) is 1. The third kappa shape index (κ3) is 1.09. The van der Waals surface area contributed by atoms with E-state index in [0.29, 0.717) is 0 Å². The molecule has 1 aliphatic rings. The molecule has 62 valence electrons. The van der Waals surface area contributed by atoms with E-state index >= 15 is 0 Å². The lowest BCUT2D eigenvalue weighted by molar-refractivity contribution is 0.892. The largest absolute Gasteiger partial charge is 0.313 e. The molecule has 0 aliphatic heterocycles. The van der Waals surface area contributed by atoms with Gasteiger partial charge >= 0.3 is 0 Å². The molecule has 0 spiro atoms. The standard InChI is InChI=1S/C10H12N2/c1-11-12-10-7-6-8-4-2-3-5-9(8)10/h2-5,11H,6-7H2,1H3. The molecule has 1 N–H and O–H groups in total. The predicted molar refractivity (Wildman–Crippen MR) is 50.4 cm³/mol. The van der Waals surface area contributed by atoms with Crippen LogP contribution in [0, 0.1) is 0 Å². The van der Waals surface area contributed by atoms with Gasteiger partial charge in [0.1, 0.15) is 0 Å². The van der Waals surface area contributed by atoms with Gasteiger partial charge in [-0.2, -0.15) is 5.10 Å². The van der Waals surface area contributed by atoms with Crippen LogP contribution in [0.2, 0.25) is 0 Å². The fourth-order valence-corrected chi connectivity index (χ4v) is 1.66. The number of aryl methyl sites for hydroxylation is 1. The van der Waals surface area contributed by atoms with Gasteiger partial charge in [0, 0.05) is 12.6 Å². The third-order valence-electron chi connectivity index (χ3n) is 2.21. The average Bonchev–Trinajstić information content (AvgIpc) is 2.50. The number of hydrogen-bond acceptors (Lipinski definition) is 2. The van der Waals surface area contributed by atoms with Gasteiger partial charge in [0.15, 0.2) is 0 Å². The van der Waals surface area contributed by atoms with E-state index in [4.69, 9.17) is 0 Å². The summed E-state index contributed by atoms with van der Waals surface area (Å²) in [6.45, 7) is 0. The maximum Gasteiger partial charge on any atom is 0.0681 e. The molecule has 0 saturated carbocycles. The van der Waals surface area contributed by atoms with Gasteiger partial charge in [-0.1, -0.05) is 24.3 Å².